The maximum Gasteiger partial charge on any atom is 0.253 e. The second kappa shape index (κ2) is 10.3. The number of thiazole rings is 1. The molecule has 0 spiro atoms. The van der Waals surface area contributed by atoms with Crippen LogP contribution in [0.5, 0.6) is 0 Å². The first-order chi connectivity index (χ1) is 16.3. The van der Waals surface area contributed by atoms with E-state index in [4.69, 9.17) is 11.6 Å². The van der Waals surface area contributed by atoms with Crippen molar-refractivity contribution in [1.82, 2.24) is 14.2 Å². The molecule has 0 bridgehead atoms. The average molecular weight is 517 g/mol. The number of benzene rings is 2. The van der Waals surface area contributed by atoms with Gasteiger partial charge >= 0.3 is 0 Å². The monoisotopic (exact) mass is 516 g/mol. The lowest BCUT2D eigenvalue weighted by molar-refractivity contribution is 0.0746. The molecule has 0 saturated carbocycles. The Morgan fingerprint density at radius 3 is 2.29 bits per heavy atom. The van der Waals surface area contributed by atoms with Gasteiger partial charge in [-0.1, -0.05) is 41.2 Å². The molecule has 178 valence electrons. The smallest absolute Gasteiger partial charge is 0.253 e. The number of rotatable bonds is 8. The van der Waals surface area contributed by atoms with Crippen LogP contribution in [-0.4, -0.2) is 67.8 Å². The highest BCUT2D eigenvalue weighted by molar-refractivity contribution is 7.89. The van der Waals surface area contributed by atoms with Crippen LogP contribution >= 0.6 is 22.9 Å². The van der Waals surface area contributed by atoms with Gasteiger partial charge in [-0.3, -0.25) is 4.79 Å². The summed E-state index contributed by atoms with van der Waals surface area (Å²) in [6.07, 6.45) is 3.06. The quantitative estimate of drug-likeness (QED) is 0.418. The first-order valence-electron chi connectivity index (χ1n) is 10.8. The summed E-state index contributed by atoms with van der Waals surface area (Å²) < 4.78 is 28.0. The molecule has 2 heterocycles. The van der Waals surface area contributed by atoms with E-state index in [1.165, 1.54) is 28.6 Å². The topological polar surface area (TPSA) is 73.8 Å². The molecule has 10 heteroatoms. The number of carbonyl (C=O) groups excluding carboxylic acids is 1. The Kier molecular flexibility index (Phi) is 7.37. The van der Waals surface area contributed by atoms with Gasteiger partial charge in [-0.25, -0.2) is 13.4 Å². The zero-order valence-electron chi connectivity index (χ0n) is 18.6. The van der Waals surface area contributed by atoms with Crippen LogP contribution in [0, 0.1) is 0 Å². The highest BCUT2D eigenvalue weighted by atomic mass is 35.5. The largest absolute Gasteiger partial charge is 0.345 e. The number of hydrogen-bond donors (Lipinski definition) is 0. The maximum absolute atomic E-state index is 13.0. The Balaban J connectivity index is 1.42. The molecule has 1 aromatic heterocycles. The molecule has 1 fully saturated rings. The van der Waals surface area contributed by atoms with Gasteiger partial charge < -0.3 is 9.80 Å². The van der Waals surface area contributed by atoms with Crippen molar-refractivity contribution in [1.29, 1.82) is 0 Å². The lowest BCUT2D eigenvalue weighted by atomic mass is 10.2. The van der Waals surface area contributed by atoms with Crippen LogP contribution in [0.15, 0.2) is 72.7 Å². The lowest BCUT2D eigenvalue weighted by Crippen LogP contribution is -2.48. The van der Waals surface area contributed by atoms with Gasteiger partial charge in [0.15, 0.2) is 5.13 Å². The fraction of sp³-hybridized carbons (Fsp3) is 0.250. The number of para-hydroxylation sites is 1. The Labute approximate surface area is 208 Å². The molecular formula is C24H25ClN4O3S2. The number of sulfonamides is 1. The predicted octanol–water partition coefficient (Wildman–Crippen LogP) is 4.27. The number of aromatic nitrogens is 1. The minimum absolute atomic E-state index is 0.120. The maximum atomic E-state index is 13.0. The highest BCUT2D eigenvalue weighted by Crippen LogP contribution is 2.33. The van der Waals surface area contributed by atoms with Crippen LogP contribution in [0.3, 0.4) is 0 Å². The summed E-state index contributed by atoms with van der Waals surface area (Å²) in [5.74, 6) is -0.120. The Morgan fingerprint density at radius 1 is 1.06 bits per heavy atom. The summed E-state index contributed by atoms with van der Waals surface area (Å²) >= 11 is 7.84. The van der Waals surface area contributed by atoms with Gasteiger partial charge in [0.05, 0.1) is 14.6 Å². The average Bonchev–Trinajstić information content (AvgIpc) is 3.29. The fourth-order valence-corrected chi connectivity index (χ4v) is 6.50. The molecule has 0 unspecified atom stereocenters. The van der Waals surface area contributed by atoms with Crippen molar-refractivity contribution in [2.75, 3.05) is 44.2 Å². The molecule has 34 heavy (non-hydrogen) atoms. The van der Waals surface area contributed by atoms with Gasteiger partial charge in [-0.05, 0) is 36.4 Å². The van der Waals surface area contributed by atoms with Crippen LogP contribution < -0.4 is 4.90 Å². The molecule has 0 radical (unpaired) electrons. The van der Waals surface area contributed by atoms with Crippen molar-refractivity contribution in [2.24, 2.45) is 0 Å². The standard InChI is InChI=1S/C24H25ClN4O3S2/c1-3-12-29(13-4-2)34(31,32)19-10-8-18(9-11-19)23(30)27-14-16-28(17-15-27)24-26-22-20(25)6-5-7-21(22)33-24/h3-11H,1-2,12-17H2. The van der Waals surface area contributed by atoms with Crippen molar-refractivity contribution in [2.45, 2.75) is 4.90 Å². The van der Waals surface area contributed by atoms with E-state index in [1.54, 1.807) is 28.4 Å². The summed E-state index contributed by atoms with van der Waals surface area (Å²) in [5, 5.41) is 1.53. The Bertz CT molecular complexity index is 1300. The number of nitrogens with zero attached hydrogens (tertiary/aromatic N) is 4. The van der Waals surface area contributed by atoms with Crippen molar-refractivity contribution >= 4 is 54.2 Å². The lowest BCUT2D eigenvalue weighted by Gasteiger charge is -2.34. The molecule has 2 aromatic carbocycles. The molecule has 1 aliphatic heterocycles. The molecule has 0 aliphatic carbocycles. The van der Waals surface area contributed by atoms with Gasteiger partial charge in [0, 0.05) is 44.8 Å². The third kappa shape index (κ3) is 4.88. The summed E-state index contributed by atoms with van der Waals surface area (Å²) in [7, 11) is -3.70. The molecule has 1 saturated heterocycles. The molecule has 1 aliphatic rings. The van der Waals surface area contributed by atoms with E-state index in [0.717, 1.165) is 15.3 Å². The van der Waals surface area contributed by atoms with Gasteiger partial charge in [0.1, 0.15) is 5.52 Å². The second-order valence-electron chi connectivity index (χ2n) is 7.79. The van der Waals surface area contributed by atoms with Crippen molar-refractivity contribution < 1.29 is 13.2 Å². The molecule has 1 amide bonds. The minimum atomic E-state index is -3.70. The Morgan fingerprint density at radius 2 is 1.71 bits per heavy atom. The highest BCUT2D eigenvalue weighted by Gasteiger charge is 2.26. The van der Waals surface area contributed by atoms with Crippen molar-refractivity contribution in [3.8, 4) is 0 Å². The number of carbonyl (C=O) groups is 1. The number of hydrogen-bond acceptors (Lipinski definition) is 6. The van der Waals surface area contributed by atoms with E-state index < -0.39 is 10.0 Å². The van der Waals surface area contributed by atoms with E-state index in [-0.39, 0.29) is 23.9 Å². The molecule has 3 aromatic rings. The van der Waals surface area contributed by atoms with Crippen LogP contribution in [0.2, 0.25) is 5.02 Å². The summed E-state index contributed by atoms with van der Waals surface area (Å²) in [6.45, 7) is 10.0. The third-order valence-corrected chi connectivity index (χ3v) is 8.83. The van der Waals surface area contributed by atoms with Gasteiger partial charge in [-0.15, -0.1) is 13.2 Å². The van der Waals surface area contributed by atoms with Crippen molar-refractivity contribution in [3.63, 3.8) is 0 Å². The normalized spacial score (nSPS) is 14.5. The van der Waals surface area contributed by atoms with Gasteiger partial charge in [0.25, 0.3) is 5.91 Å². The van der Waals surface area contributed by atoms with Gasteiger partial charge in [-0.2, -0.15) is 4.31 Å². The number of halogens is 1. The molecular weight excluding hydrogens is 492 g/mol. The van der Waals surface area contributed by atoms with E-state index in [0.29, 0.717) is 36.8 Å². The SMILES string of the molecule is C=CCN(CC=C)S(=O)(=O)c1ccc(C(=O)N2CCN(c3nc4c(Cl)cccc4s3)CC2)cc1. The van der Waals surface area contributed by atoms with Gasteiger partial charge in [0.2, 0.25) is 10.0 Å². The van der Waals surface area contributed by atoms with Crippen LogP contribution in [-0.2, 0) is 10.0 Å². The molecule has 7 nitrogen and oxygen atoms in total. The molecule has 4 rings (SSSR count). The number of amides is 1. The zero-order valence-corrected chi connectivity index (χ0v) is 20.9. The van der Waals surface area contributed by atoms with Crippen LogP contribution in [0.4, 0.5) is 5.13 Å². The number of fused-ring (bicyclic) bond motifs is 1. The number of piperazine rings is 1. The summed E-state index contributed by atoms with van der Waals surface area (Å²) in [4.78, 5) is 21.8. The van der Waals surface area contributed by atoms with Crippen molar-refractivity contribution in [3.05, 3.63) is 78.4 Å². The fourth-order valence-electron chi connectivity index (χ4n) is 3.80. The predicted molar refractivity (Wildman–Crippen MR) is 138 cm³/mol. The summed E-state index contributed by atoms with van der Waals surface area (Å²) in [5.41, 5.74) is 1.26. The minimum Gasteiger partial charge on any atom is -0.345 e. The van der Waals surface area contributed by atoms with Crippen LogP contribution in [0.25, 0.3) is 10.2 Å². The third-order valence-electron chi connectivity index (χ3n) is 5.60. The first-order valence-corrected chi connectivity index (χ1v) is 13.4. The molecule has 0 atom stereocenters. The first kappa shape index (κ1) is 24.4. The zero-order chi connectivity index (χ0) is 24.3. The van der Waals surface area contributed by atoms with E-state index in [2.05, 4.69) is 23.0 Å². The van der Waals surface area contributed by atoms with E-state index in [9.17, 15) is 13.2 Å². The number of anilines is 1. The van der Waals surface area contributed by atoms with Crippen LogP contribution in [0.1, 0.15) is 10.4 Å². The summed E-state index contributed by atoms with van der Waals surface area (Å²) in [6, 6.07) is 11.8. The second-order valence-corrected chi connectivity index (χ2v) is 11.1. The van der Waals surface area contributed by atoms with E-state index in [1.807, 2.05) is 18.2 Å². The Hall–Kier alpha value is -2.72. The van der Waals surface area contributed by atoms with E-state index >= 15 is 0 Å². The molecule has 0 N–H and O–H groups in total.